The van der Waals surface area contributed by atoms with Crippen LogP contribution in [-0.2, 0) is 41.4 Å². The summed E-state index contributed by atoms with van der Waals surface area (Å²) in [4.78, 5) is 5.44. The molecule has 0 N–H and O–H groups in total. The van der Waals surface area contributed by atoms with Crippen molar-refractivity contribution in [2.45, 2.75) is 234 Å². The monoisotopic (exact) mass is 771 g/mol. The molecular weight excluding hydrogens is 687 g/mol. The molecule has 0 aromatic heterocycles. The van der Waals surface area contributed by atoms with E-state index in [0.29, 0.717) is 0 Å². The Kier molecular flexibility index (Phi) is 28.2. The second-order valence-electron chi connectivity index (χ2n) is 15.9. The van der Waals surface area contributed by atoms with Gasteiger partial charge in [0.05, 0.1) is 0 Å². The van der Waals surface area contributed by atoms with Crippen LogP contribution in [0.15, 0.2) is 41.4 Å². The van der Waals surface area contributed by atoms with E-state index in [1.807, 2.05) is 0 Å². The Morgan fingerprint density at radius 3 is 1.26 bits per heavy atom. The van der Waals surface area contributed by atoms with Gasteiger partial charge in [-0.25, -0.2) is 0 Å². The third kappa shape index (κ3) is 20.1. The Labute approximate surface area is 338 Å². The van der Waals surface area contributed by atoms with E-state index in [1.54, 1.807) is 0 Å². The fraction of sp³-hybridized carbons (Fsp3) is 0.720. The summed E-state index contributed by atoms with van der Waals surface area (Å²) in [6.07, 6.45) is 39.5. The summed E-state index contributed by atoms with van der Waals surface area (Å²) >= 11 is 5.89. The molecule has 0 radical (unpaired) electrons. The van der Waals surface area contributed by atoms with Gasteiger partial charge in [-0.2, -0.15) is 0 Å². The molecule has 3 heteroatoms. The fourth-order valence-electron chi connectivity index (χ4n) is 7.94. The van der Waals surface area contributed by atoms with Crippen molar-refractivity contribution in [3.63, 3.8) is 0 Å². The first-order valence-corrected chi connectivity index (χ1v) is 23.6. The van der Waals surface area contributed by atoms with Crippen LogP contribution in [0.25, 0.3) is 0 Å². The van der Waals surface area contributed by atoms with Gasteiger partial charge in [0.25, 0.3) is 0 Å². The molecule has 53 heavy (non-hydrogen) atoms. The molecule has 0 saturated heterocycles. The van der Waals surface area contributed by atoms with Crippen LogP contribution in [0.1, 0.15) is 231 Å². The van der Waals surface area contributed by atoms with Crippen LogP contribution in [-0.4, -0.2) is 15.1 Å². The molecule has 0 spiro atoms. The zero-order valence-electron chi connectivity index (χ0n) is 35.9. The molecule has 0 saturated carbocycles. The minimum atomic E-state index is 0.997. The third-order valence-electron chi connectivity index (χ3n) is 11.5. The van der Waals surface area contributed by atoms with Gasteiger partial charge in [0, 0.05) is 0 Å². The van der Waals surface area contributed by atoms with Crippen molar-refractivity contribution < 1.29 is 19.3 Å². The molecule has 0 aliphatic heterocycles. The van der Waals surface area contributed by atoms with E-state index in [4.69, 9.17) is 20.7 Å². The number of aliphatic imine (C=N–C) groups is 1. The molecule has 2 aromatic carbocycles. The standard InChI is InChI=1S/C50H84N2.Ni/c1-7-13-15-16-17-18-19-20-21-22-23-24-25-26-27-28-29-30-31-32-34-36-50(52-48-40-38-44(10-4)46(12-6)42-48)49(35-33-14-8-2)51-47-39-37-43(9-3)45(11-5)41-47;/h37-42H,7-36H2,1-6H3;/q;+1. The van der Waals surface area contributed by atoms with Crippen molar-refractivity contribution in [1.29, 1.82) is 0 Å². The molecule has 0 amide bonds. The molecule has 0 heterocycles. The van der Waals surface area contributed by atoms with Gasteiger partial charge in [0.2, 0.25) is 0 Å². The molecule has 2 rings (SSSR count). The average Bonchev–Trinajstić information content (AvgIpc) is 3.19. The van der Waals surface area contributed by atoms with Crippen LogP contribution in [0.2, 0.25) is 0 Å². The second-order valence-corrected chi connectivity index (χ2v) is 16.3. The molecular formula is C50H84N2Ni+. The Bertz CT molecular complexity index is 1270. The van der Waals surface area contributed by atoms with Crippen molar-refractivity contribution in [2.75, 3.05) is 0 Å². The van der Waals surface area contributed by atoms with E-state index in [0.717, 1.165) is 56.3 Å². The number of rotatable bonds is 33. The Morgan fingerprint density at radius 2 is 0.811 bits per heavy atom. The molecule has 0 fully saturated rings. The van der Waals surface area contributed by atoms with E-state index in [-0.39, 0.29) is 0 Å². The maximum atomic E-state index is 5.89. The summed E-state index contributed by atoms with van der Waals surface area (Å²) in [5.74, 6) is 0. The quantitative estimate of drug-likeness (QED) is 0.0390. The van der Waals surface area contributed by atoms with Crippen molar-refractivity contribution in [3.8, 4) is 0 Å². The summed E-state index contributed by atoms with van der Waals surface area (Å²) in [7, 11) is 0. The zero-order chi connectivity index (χ0) is 38.4. The molecule has 0 atom stereocenters. The number of aryl methyl sites for hydroxylation is 4. The van der Waals surface area contributed by atoms with Crippen molar-refractivity contribution >= 4 is 22.8 Å². The topological polar surface area (TPSA) is 15.4 Å². The molecule has 303 valence electrons. The molecule has 0 bridgehead atoms. The van der Waals surface area contributed by atoms with Crippen molar-refractivity contribution in [3.05, 3.63) is 58.7 Å². The number of unbranched alkanes of at least 4 members (excludes halogenated alkanes) is 22. The first kappa shape index (κ1) is 47.4. The second kappa shape index (κ2) is 31.5. The molecule has 2 aromatic rings. The first-order chi connectivity index (χ1) is 26.0. The van der Waals surface area contributed by atoms with Gasteiger partial charge in [0.1, 0.15) is 0 Å². The number of benzene rings is 2. The van der Waals surface area contributed by atoms with E-state index in [2.05, 4.69) is 81.6 Å². The maximum absolute atomic E-state index is 5.89. The van der Waals surface area contributed by atoms with E-state index in [1.165, 1.54) is 181 Å². The first-order valence-electron chi connectivity index (χ1n) is 23.1. The summed E-state index contributed by atoms with van der Waals surface area (Å²) in [6.45, 7) is 13.6. The van der Waals surface area contributed by atoms with Gasteiger partial charge in [-0.15, -0.1) is 0 Å². The normalized spacial score (nSPS) is 12.5. The Hall–Kier alpha value is -1.73. The van der Waals surface area contributed by atoms with E-state index in [9.17, 15) is 0 Å². The van der Waals surface area contributed by atoms with Crippen LogP contribution in [0.5, 0.6) is 0 Å². The van der Waals surface area contributed by atoms with Crippen LogP contribution in [0.4, 0.5) is 11.4 Å². The predicted octanol–water partition coefficient (Wildman–Crippen LogP) is 16.4. The summed E-state index contributed by atoms with van der Waals surface area (Å²) in [5.41, 5.74) is 10.4. The minimum absolute atomic E-state index is 0.997. The fourth-order valence-corrected chi connectivity index (χ4v) is 8.32. The predicted molar refractivity (Wildman–Crippen MR) is 234 cm³/mol. The van der Waals surface area contributed by atoms with Gasteiger partial charge in [-0.05, 0) is 0 Å². The zero-order valence-corrected chi connectivity index (χ0v) is 36.9. The van der Waals surface area contributed by atoms with Gasteiger partial charge in [-0.1, -0.05) is 90.4 Å². The number of nitrogens with zero attached hydrogens (tertiary/aromatic N) is 2. The SMILES string of the molecule is CCCCCCCCCCCCCCCCCCCCCCCC(=Nc1ccc(CC)c(CC)c1)C(CCCCC)=[N+]([Ni])c1ccc(CC)c(CC)c1. The van der Waals surface area contributed by atoms with Crippen LogP contribution in [0.3, 0.4) is 0 Å². The van der Waals surface area contributed by atoms with Crippen LogP contribution in [0, 0.1) is 0 Å². The number of hydrogen-bond donors (Lipinski definition) is 0. The van der Waals surface area contributed by atoms with E-state index < -0.39 is 0 Å². The molecule has 0 aliphatic carbocycles. The number of hydrogen-bond acceptors (Lipinski definition) is 1. The van der Waals surface area contributed by atoms with Crippen molar-refractivity contribution in [2.24, 2.45) is 4.99 Å². The van der Waals surface area contributed by atoms with Crippen LogP contribution < -0.4 is 0 Å². The average molecular weight is 772 g/mol. The van der Waals surface area contributed by atoms with Crippen molar-refractivity contribution in [1.82, 2.24) is 0 Å². The van der Waals surface area contributed by atoms with E-state index >= 15 is 0 Å². The summed E-state index contributed by atoms with van der Waals surface area (Å²) in [6, 6.07) is 13.8. The third-order valence-corrected chi connectivity index (χ3v) is 12.0. The van der Waals surface area contributed by atoms with Gasteiger partial charge in [-0.3, -0.25) is 0 Å². The van der Waals surface area contributed by atoms with Gasteiger partial charge >= 0.3 is 250 Å². The van der Waals surface area contributed by atoms with Crippen LogP contribution >= 0.6 is 0 Å². The molecule has 0 aliphatic rings. The molecule has 0 unspecified atom stereocenters. The Morgan fingerprint density at radius 1 is 0.434 bits per heavy atom. The summed E-state index contributed by atoms with van der Waals surface area (Å²) < 4.78 is 2.12. The molecule has 2 nitrogen and oxygen atoms in total. The summed E-state index contributed by atoms with van der Waals surface area (Å²) in [5, 5.41) is 0. The van der Waals surface area contributed by atoms with Gasteiger partial charge < -0.3 is 0 Å². The Balaban J connectivity index is 1.89. The van der Waals surface area contributed by atoms with Gasteiger partial charge in [0.15, 0.2) is 0 Å².